The summed E-state index contributed by atoms with van der Waals surface area (Å²) in [5, 5.41) is 16.8. The Kier molecular flexibility index (Phi) is 5.76. The van der Waals surface area contributed by atoms with Crippen molar-refractivity contribution in [2.75, 3.05) is 13.2 Å². The molecule has 32 heavy (non-hydrogen) atoms. The van der Waals surface area contributed by atoms with Crippen molar-refractivity contribution in [1.29, 1.82) is 5.26 Å². The summed E-state index contributed by atoms with van der Waals surface area (Å²) in [7, 11) is 0. The first-order valence-electron chi connectivity index (χ1n) is 10.1. The number of nitrogens with zero attached hydrogens (tertiary/aromatic N) is 4. The van der Waals surface area contributed by atoms with E-state index in [4.69, 9.17) is 4.74 Å². The van der Waals surface area contributed by atoms with Gasteiger partial charge in [-0.1, -0.05) is 12.1 Å². The van der Waals surface area contributed by atoms with E-state index in [1.54, 1.807) is 22.9 Å². The molecule has 0 unspecified atom stereocenters. The maximum atomic E-state index is 12.8. The molecular formula is C22H21F2N5O3. The van der Waals surface area contributed by atoms with Crippen molar-refractivity contribution in [2.24, 2.45) is 0 Å². The number of hydrogen-bond donors (Lipinski definition) is 1. The molecular weight excluding hydrogens is 420 g/mol. The molecule has 8 nitrogen and oxygen atoms in total. The number of ether oxygens (including phenoxy) is 2. The Morgan fingerprint density at radius 1 is 1.38 bits per heavy atom. The van der Waals surface area contributed by atoms with Crippen molar-refractivity contribution >= 4 is 16.9 Å². The Balaban J connectivity index is 1.73. The van der Waals surface area contributed by atoms with Gasteiger partial charge in [0.25, 0.3) is 5.91 Å². The second-order valence-electron chi connectivity index (χ2n) is 7.84. The molecule has 3 aromatic rings. The monoisotopic (exact) mass is 441 g/mol. The van der Waals surface area contributed by atoms with Crippen LogP contribution < -0.4 is 10.1 Å². The first-order chi connectivity index (χ1) is 15.3. The Morgan fingerprint density at radius 2 is 2.19 bits per heavy atom. The van der Waals surface area contributed by atoms with Crippen molar-refractivity contribution in [3.8, 4) is 23.1 Å². The highest BCUT2D eigenvalue weighted by Gasteiger charge is 2.37. The molecule has 0 aliphatic carbocycles. The summed E-state index contributed by atoms with van der Waals surface area (Å²) in [6.07, 6.45) is 1.82. The lowest BCUT2D eigenvalue weighted by molar-refractivity contribution is -0.0498. The van der Waals surface area contributed by atoms with Crippen LogP contribution in [-0.2, 0) is 4.74 Å². The van der Waals surface area contributed by atoms with Gasteiger partial charge in [0, 0.05) is 24.2 Å². The topological polar surface area (TPSA) is 102 Å². The minimum atomic E-state index is -2.93. The molecule has 1 fully saturated rings. The smallest absolute Gasteiger partial charge is 0.387 e. The molecule has 0 spiro atoms. The number of aromatic nitrogens is 3. The molecule has 1 aromatic carbocycles. The van der Waals surface area contributed by atoms with Gasteiger partial charge in [-0.25, -0.2) is 0 Å². The Morgan fingerprint density at radius 3 is 2.84 bits per heavy atom. The van der Waals surface area contributed by atoms with Gasteiger partial charge in [-0.15, -0.1) is 0 Å². The normalized spacial score (nSPS) is 18.3. The molecule has 0 bridgehead atoms. The number of alkyl halides is 2. The third kappa shape index (κ3) is 4.11. The van der Waals surface area contributed by atoms with Gasteiger partial charge >= 0.3 is 6.61 Å². The van der Waals surface area contributed by atoms with Gasteiger partial charge in [0.05, 0.1) is 30.4 Å². The number of nitrogens with one attached hydrogen (secondary N) is 1. The Hall–Kier alpha value is -3.58. The van der Waals surface area contributed by atoms with Gasteiger partial charge in [0.2, 0.25) is 0 Å². The predicted molar refractivity (Wildman–Crippen MR) is 111 cm³/mol. The van der Waals surface area contributed by atoms with Gasteiger partial charge in [0.1, 0.15) is 17.0 Å². The zero-order chi connectivity index (χ0) is 22.9. The first kappa shape index (κ1) is 21.6. The van der Waals surface area contributed by atoms with Crippen LogP contribution >= 0.6 is 0 Å². The summed E-state index contributed by atoms with van der Waals surface area (Å²) in [6.45, 7) is 1.47. The van der Waals surface area contributed by atoms with E-state index in [0.717, 1.165) is 0 Å². The van der Waals surface area contributed by atoms with Crippen molar-refractivity contribution in [3.63, 3.8) is 0 Å². The molecule has 166 valence electrons. The summed E-state index contributed by atoms with van der Waals surface area (Å²) in [5.74, 6) is -0.418. The molecule has 0 saturated carbocycles. The number of rotatable bonds is 6. The van der Waals surface area contributed by atoms with Crippen LogP contribution in [0.25, 0.3) is 22.3 Å². The number of amides is 1. The summed E-state index contributed by atoms with van der Waals surface area (Å²) in [5.41, 5.74) is 1.39. The fourth-order valence-electron chi connectivity index (χ4n) is 3.62. The van der Waals surface area contributed by atoms with Gasteiger partial charge in [-0.05, 0) is 32.0 Å². The number of carbonyl (C=O) groups excluding carboxylic acids is 1. The summed E-state index contributed by atoms with van der Waals surface area (Å²) in [4.78, 5) is 17.3. The van der Waals surface area contributed by atoms with E-state index in [1.807, 2.05) is 13.8 Å². The molecule has 0 radical (unpaired) electrons. The molecule has 1 aliphatic heterocycles. The van der Waals surface area contributed by atoms with E-state index >= 15 is 0 Å². The second kappa shape index (κ2) is 8.51. The molecule has 4 rings (SSSR count). The van der Waals surface area contributed by atoms with E-state index < -0.39 is 18.1 Å². The maximum absolute atomic E-state index is 12.8. The van der Waals surface area contributed by atoms with Crippen LogP contribution in [0.5, 0.6) is 5.75 Å². The molecule has 1 saturated heterocycles. The summed E-state index contributed by atoms with van der Waals surface area (Å²) >= 11 is 0. The zero-order valence-corrected chi connectivity index (χ0v) is 17.5. The number of halogens is 2. The fraction of sp³-hybridized carbons (Fsp3) is 0.364. The lowest BCUT2D eigenvalue weighted by Crippen LogP contribution is -2.47. The molecule has 10 heteroatoms. The van der Waals surface area contributed by atoms with Crippen molar-refractivity contribution in [3.05, 3.63) is 42.1 Å². The number of nitriles is 1. The number of carbonyl (C=O) groups is 1. The van der Waals surface area contributed by atoms with Gasteiger partial charge in [0.15, 0.2) is 5.54 Å². The fourth-order valence-corrected chi connectivity index (χ4v) is 3.62. The lowest BCUT2D eigenvalue weighted by Gasteiger charge is -2.20. The van der Waals surface area contributed by atoms with Crippen LogP contribution in [0.15, 0.2) is 36.5 Å². The zero-order valence-electron chi connectivity index (χ0n) is 17.5. The molecule has 2 aromatic heterocycles. The standard InChI is InChI=1S/C22H21F2N5O3/c1-13(2)29-17-9-15(20(30)27-22(11-25)6-7-31-12-22)10-26-19(17)18(28-29)14-4-3-5-16(8-14)32-21(23)24/h3-5,8-10,13,21H,6-7,12H2,1-2H3,(H,27,30)/t22-/m0/s1. The number of fused-ring (bicyclic) bond motifs is 1. The van der Waals surface area contributed by atoms with E-state index in [9.17, 15) is 18.8 Å². The van der Waals surface area contributed by atoms with Crippen molar-refractivity contribution in [1.82, 2.24) is 20.1 Å². The van der Waals surface area contributed by atoms with Crippen molar-refractivity contribution < 1.29 is 23.0 Å². The average Bonchev–Trinajstić information content (AvgIpc) is 3.38. The van der Waals surface area contributed by atoms with Gasteiger partial charge < -0.3 is 14.8 Å². The SMILES string of the molecule is CC(C)n1nc(-c2cccc(OC(F)F)c2)c2ncc(C(=O)N[C@]3(C#N)CCOC3)cc21. The van der Waals surface area contributed by atoms with Crippen LogP contribution in [0.1, 0.15) is 36.7 Å². The van der Waals surface area contributed by atoms with Gasteiger partial charge in [-0.3, -0.25) is 14.5 Å². The molecule has 3 heterocycles. The molecule has 1 atom stereocenters. The number of hydrogen-bond acceptors (Lipinski definition) is 6. The average molecular weight is 441 g/mol. The van der Waals surface area contributed by atoms with Crippen molar-refractivity contribution in [2.45, 2.75) is 38.5 Å². The van der Waals surface area contributed by atoms with Crippen LogP contribution in [0, 0.1) is 11.3 Å². The van der Waals surface area contributed by atoms with Crippen LogP contribution in [-0.4, -0.2) is 46.0 Å². The van der Waals surface area contributed by atoms with E-state index in [-0.39, 0.29) is 24.0 Å². The molecule has 1 N–H and O–H groups in total. The predicted octanol–water partition coefficient (Wildman–Crippen LogP) is 3.69. The third-order valence-corrected chi connectivity index (χ3v) is 5.22. The number of benzene rings is 1. The number of pyridine rings is 1. The molecule has 1 amide bonds. The van der Waals surface area contributed by atoms with Crippen LogP contribution in [0.2, 0.25) is 0 Å². The maximum Gasteiger partial charge on any atom is 0.387 e. The summed E-state index contributed by atoms with van der Waals surface area (Å²) < 4.78 is 36.7. The first-order valence-corrected chi connectivity index (χ1v) is 10.1. The minimum Gasteiger partial charge on any atom is -0.435 e. The van der Waals surface area contributed by atoms with E-state index in [2.05, 4.69) is 26.2 Å². The van der Waals surface area contributed by atoms with E-state index in [0.29, 0.717) is 35.3 Å². The van der Waals surface area contributed by atoms with Crippen LogP contribution in [0.4, 0.5) is 8.78 Å². The highest BCUT2D eigenvalue weighted by atomic mass is 19.3. The molecule has 1 aliphatic rings. The highest BCUT2D eigenvalue weighted by molar-refractivity contribution is 5.99. The van der Waals surface area contributed by atoms with Crippen LogP contribution in [0.3, 0.4) is 0 Å². The minimum absolute atomic E-state index is 0.0151. The summed E-state index contributed by atoms with van der Waals surface area (Å²) in [6, 6.07) is 9.96. The highest BCUT2D eigenvalue weighted by Crippen LogP contribution is 2.31. The van der Waals surface area contributed by atoms with Gasteiger partial charge in [-0.2, -0.15) is 19.1 Å². The Labute approximate surface area is 182 Å². The largest absolute Gasteiger partial charge is 0.435 e. The Bertz CT molecular complexity index is 1200. The second-order valence-corrected chi connectivity index (χ2v) is 7.84. The third-order valence-electron chi connectivity index (χ3n) is 5.22. The van der Waals surface area contributed by atoms with E-state index in [1.165, 1.54) is 18.3 Å². The lowest BCUT2D eigenvalue weighted by atomic mass is 10.0. The quantitative estimate of drug-likeness (QED) is 0.626.